The molecule has 1 heterocycles. The fraction of sp³-hybridized carbons (Fsp3) is 0.500. The minimum absolute atomic E-state index is 0.0157. The highest BCUT2D eigenvalue weighted by atomic mass is 31.1. The van der Waals surface area contributed by atoms with Gasteiger partial charge in [0.2, 0.25) is 9.03 Å². The van der Waals surface area contributed by atoms with Gasteiger partial charge in [-0.1, -0.05) is 67.5 Å². The van der Waals surface area contributed by atoms with Crippen LogP contribution in [0.15, 0.2) is 24.3 Å². The van der Waals surface area contributed by atoms with Crippen molar-refractivity contribution in [3.8, 4) is 23.0 Å². The third-order valence-corrected chi connectivity index (χ3v) is 6.08. The number of methoxy groups -OCH3 is 1. The smallest absolute Gasteiger partial charge is 0.212 e. The summed E-state index contributed by atoms with van der Waals surface area (Å²) in [6.45, 7) is 17.5. The van der Waals surface area contributed by atoms with Gasteiger partial charge in [0.05, 0.1) is 7.11 Å². The summed E-state index contributed by atoms with van der Waals surface area (Å²) in [6.07, 6.45) is 0. The lowest BCUT2D eigenvalue weighted by Crippen LogP contribution is -2.27. The molecule has 0 amide bonds. The van der Waals surface area contributed by atoms with Gasteiger partial charge < -0.3 is 18.9 Å². The van der Waals surface area contributed by atoms with E-state index >= 15 is 0 Å². The number of rotatable bonds is 3. The summed E-state index contributed by atoms with van der Waals surface area (Å²) in [5.74, 6) is 2.64. The standard InChI is InChI=1S/C24H33O4P/c1-22(2,3)14-10-16-20(18(12-14)26-9)27-21-17(24(16,7)8)11-15(23(4,5)6)13-19(21)28-29-25/h10-13,25,29H,1-9H3. The van der Waals surface area contributed by atoms with Crippen molar-refractivity contribution in [2.75, 3.05) is 7.11 Å². The summed E-state index contributed by atoms with van der Waals surface area (Å²) in [7, 11) is 1.02. The Bertz CT molecular complexity index is 933. The molecular weight excluding hydrogens is 383 g/mol. The van der Waals surface area contributed by atoms with Crippen LogP contribution >= 0.6 is 9.03 Å². The van der Waals surface area contributed by atoms with Crippen LogP contribution in [0.25, 0.3) is 0 Å². The molecule has 158 valence electrons. The molecule has 4 nitrogen and oxygen atoms in total. The number of benzene rings is 2. The molecule has 0 saturated carbocycles. The third kappa shape index (κ3) is 3.85. The van der Waals surface area contributed by atoms with Crippen molar-refractivity contribution in [2.45, 2.75) is 71.6 Å². The molecule has 0 bridgehead atoms. The molecule has 0 fully saturated rings. The largest absolute Gasteiger partial charge is 0.493 e. The average Bonchev–Trinajstić information content (AvgIpc) is 2.60. The maximum absolute atomic E-state index is 9.49. The molecule has 1 atom stereocenters. The van der Waals surface area contributed by atoms with E-state index in [0.29, 0.717) is 23.0 Å². The predicted octanol–water partition coefficient (Wildman–Crippen LogP) is 6.60. The summed E-state index contributed by atoms with van der Waals surface area (Å²) in [5.41, 5.74) is 4.09. The molecule has 0 aliphatic carbocycles. The van der Waals surface area contributed by atoms with Crippen molar-refractivity contribution in [2.24, 2.45) is 0 Å². The fourth-order valence-electron chi connectivity index (χ4n) is 3.73. The van der Waals surface area contributed by atoms with E-state index in [-0.39, 0.29) is 16.2 Å². The lowest BCUT2D eigenvalue weighted by molar-refractivity contribution is 0.347. The van der Waals surface area contributed by atoms with Gasteiger partial charge >= 0.3 is 0 Å². The van der Waals surface area contributed by atoms with Crippen LogP contribution in [-0.2, 0) is 16.2 Å². The Morgan fingerprint density at radius 1 is 0.828 bits per heavy atom. The molecule has 1 unspecified atom stereocenters. The van der Waals surface area contributed by atoms with E-state index in [2.05, 4.69) is 73.6 Å². The number of hydrogen-bond acceptors (Lipinski definition) is 4. The molecule has 0 spiro atoms. The summed E-state index contributed by atoms with van der Waals surface area (Å²) in [6, 6.07) is 8.47. The minimum Gasteiger partial charge on any atom is -0.493 e. The molecular formula is C24H33O4P. The second kappa shape index (κ2) is 7.18. The molecule has 2 aromatic carbocycles. The van der Waals surface area contributed by atoms with Crippen LogP contribution in [-0.4, -0.2) is 12.0 Å². The van der Waals surface area contributed by atoms with Gasteiger partial charge in [-0.2, -0.15) is 0 Å². The average molecular weight is 416 g/mol. The molecule has 0 saturated heterocycles. The highest BCUT2D eigenvalue weighted by Gasteiger charge is 2.40. The van der Waals surface area contributed by atoms with E-state index in [0.717, 1.165) is 16.7 Å². The Balaban J connectivity index is 2.32. The first-order valence-corrected chi connectivity index (χ1v) is 10.8. The van der Waals surface area contributed by atoms with Crippen molar-refractivity contribution in [3.63, 3.8) is 0 Å². The lowest BCUT2D eigenvalue weighted by atomic mass is 9.72. The third-order valence-electron chi connectivity index (χ3n) is 5.77. The van der Waals surface area contributed by atoms with E-state index in [4.69, 9.17) is 14.0 Å². The molecule has 2 aromatic rings. The second-order valence-electron chi connectivity index (χ2n) is 10.3. The van der Waals surface area contributed by atoms with Gasteiger partial charge in [0.1, 0.15) is 0 Å². The highest BCUT2D eigenvalue weighted by Crippen LogP contribution is 2.56. The lowest BCUT2D eigenvalue weighted by Gasteiger charge is -2.38. The van der Waals surface area contributed by atoms with Gasteiger partial charge in [-0.25, -0.2) is 0 Å². The Labute approximate surface area is 176 Å². The normalized spacial score (nSPS) is 15.7. The van der Waals surface area contributed by atoms with E-state index in [1.54, 1.807) is 7.11 Å². The van der Waals surface area contributed by atoms with Crippen molar-refractivity contribution in [1.82, 2.24) is 0 Å². The Hall–Kier alpha value is -1.77. The number of fused-ring (bicyclic) bond motifs is 2. The van der Waals surface area contributed by atoms with Gasteiger partial charge in [-0.15, -0.1) is 0 Å². The van der Waals surface area contributed by atoms with E-state index in [1.165, 1.54) is 5.56 Å². The van der Waals surface area contributed by atoms with Gasteiger partial charge in [0.25, 0.3) is 0 Å². The maximum Gasteiger partial charge on any atom is 0.212 e. The summed E-state index contributed by atoms with van der Waals surface area (Å²) >= 11 is 0. The van der Waals surface area contributed by atoms with Crippen LogP contribution in [0.3, 0.4) is 0 Å². The van der Waals surface area contributed by atoms with Crippen LogP contribution in [0.4, 0.5) is 0 Å². The zero-order valence-corrected chi connectivity index (χ0v) is 20.0. The summed E-state index contributed by atoms with van der Waals surface area (Å²) < 4.78 is 17.7. The van der Waals surface area contributed by atoms with Crippen LogP contribution in [0.2, 0.25) is 0 Å². The molecule has 1 N–H and O–H groups in total. The molecule has 0 aromatic heterocycles. The van der Waals surface area contributed by atoms with E-state index in [9.17, 15) is 4.89 Å². The SMILES string of the molecule is COc1cc(C(C)(C)C)cc2c1Oc1c(OPO)cc(C(C)(C)C)cc1C2(C)C. The van der Waals surface area contributed by atoms with Crippen LogP contribution in [0, 0.1) is 0 Å². The van der Waals surface area contributed by atoms with Gasteiger partial charge in [-0.3, -0.25) is 0 Å². The monoisotopic (exact) mass is 416 g/mol. The van der Waals surface area contributed by atoms with Crippen molar-refractivity contribution in [3.05, 3.63) is 46.5 Å². The van der Waals surface area contributed by atoms with E-state index in [1.807, 2.05) is 6.07 Å². The Morgan fingerprint density at radius 3 is 1.69 bits per heavy atom. The Morgan fingerprint density at radius 2 is 1.28 bits per heavy atom. The van der Waals surface area contributed by atoms with Crippen molar-refractivity contribution >= 4 is 9.03 Å². The summed E-state index contributed by atoms with van der Waals surface area (Å²) in [5, 5.41) is 0. The maximum atomic E-state index is 9.49. The summed E-state index contributed by atoms with van der Waals surface area (Å²) in [4.78, 5) is 9.49. The zero-order valence-electron chi connectivity index (χ0n) is 19.0. The predicted molar refractivity (Wildman–Crippen MR) is 120 cm³/mol. The first kappa shape index (κ1) is 21.9. The molecule has 5 heteroatoms. The van der Waals surface area contributed by atoms with Crippen LogP contribution in [0.5, 0.6) is 23.0 Å². The molecule has 0 radical (unpaired) electrons. The van der Waals surface area contributed by atoms with Crippen LogP contribution in [0.1, 0.15) is 77.6 Å². The van der Waals surface area contributed by atoms with Crippen molar-refractivity contribution in [1.29, 1.82) is 0 Å². The molecule has 3 rings (SSSR count). The van der Waals surface area contributed by atoms with Crippen molar-refractivity contribution < 1.29 is 18.9 Å². The first-order chi connectivity index (χ1) is 13.3. The van der Waals surface area contributed by atoms with Crippen LogP contribution < -0.4 is 14.0 Å². The molecule has 1 aliphatic rings. The fourth-order valence-corrected chi connectivity index (χ4v) is 3.98. The second-order valence-corrected chi connectivity index (χ2v) is 10.7. The van der Waals surface area contributed by atoms with Gasteiger partial charge in [-0.05, 0) is 34.1 Å². The highest BCUT2D eigenvalue weighted by molar-refractivity contribution is 7.25. The Kier molecular flexibility index (Phi) is 5.43. The molecule has 29 heavy (non-hydrogen) atoms. The zero-order chi connectivity index (χ0) is 21.8. The first-order valence-electron chi connectivity index (χ1n) is 9.96. The quantitative estimate of drug-likeness (QED) is 0.573. The molecule has 1 aliphatic heterocycles. The number of ether oxygens (including phenoxy) is 2. The van der Waals surface area contributed by atoms with Gasteiger partial charge in [0, 0.05) is 16.5 Å². The minimum atomic E-state index is -0.652. The van der Waals surface area contributed by atoms with Gasteiger partial charge in [0.15, 0.2) is 23.0 Å². The van der Waals surface area contributed by atoms with E-state index < -0.39 is 9.03 Å². The topological polar surface area (TPSA) is 47.9 Å². The number of hydrogen-bond donors (Lipinski definition) is 1.